The summed E-state index contributed by atoms with van der Waals surface area (Å²) in [5.74, 6) is 1.17. The Bertz CT molecular complexity index is 1350. The van der Waals surface area contributed by atoms with E-state index in [0.29, 0.717) is 16.9 Å². The first-order chi connectivity index (χ1) is 17.5. The zero-order valence-electron chi connectivity index (χ0n) is 21.1. The standard InChI is InChI=1S/C25H30F3N9/c1-15(16-6-7-21(30-11-16)37(4)9-5-8-36(2)3)34-24-33-14-20(29)22(35-24)19-13-32-23-18(19)10-17(12-31-23)25(26,27)28/h6-7,10-15H,5,8-9,29H2,1-4H3,(H,31,32)(H,33,34,35)/t15-/m1/s1. The van der Waals surface area contributed by atoms with Crippen LogP contribution < -0.4 is 16.0 Å². The molecule has 0 spiro atoms. The van der Waals surface area contributed by atoms with Crippen LogP contribution in [0.3, 0.4) is 0 Å². The number of fused-ring (bicyclic) bond motifs is 1. The van der Waals surface area contributed by atoms with E-state index in [0.717, 1.165) is 43.2 Å². The number of aromatic nitrogens is 5. The summed E-state index contributed by atoms with van der Waals surface area (Å²) in [6, 6.07) is 4.81. The number of H-pyrrole nitrogens is 1. The first-order valence-corrected chi connectivity index (χ1v) is 11.8. The maximum Gasteiger partial charge on any atom is 0.417 e. The maximum atomic E-state index is 13.2. The van der Waals surface area contributed by atoms with Crippen LogP contribution in [0.15, 0.2) is 43.0 Å². The average molecular weight is 514 g/mol. The molecule has 4 aromatic heterocycles. The van der Waals surface area contributed by atoms with Gasteiger partial charge in [-0.25, -0.2) is 19.9 Å². The van der Waals surface area contributed by atoms with Crippen molar-refractivity contribution >= 4 is 28.5 Å². The van der Waals surface area contributed by atoms with E-state index in [1.807, 2.05) is 26.1 Å². The van der Waals surface area contributed by atoms with E-state index in [2.05, 4.69) is 54.1 Å². The maximum absolute atomic E-state index is 13.2. The topological polar surface area (TPSA) is 112 Å². The van der Waals surface area contributed by atoms with Crippen LogP contribution >= 0.6 is 0 Å². The molecule has 0 amide bonds. The third kappa shape index (κ3) is 6.08. The molecule has 4 heterocycles. The molecular formula is C25H30F3N9. The van der Waals surface area contributed by atoms with Gasteiger partial charge >= 0.3 is 6.18 Å². The predicted molar refractivity (Wildman–Crippen MR) is 139 cm³/mol. The van der Waals surface area contributed by atoms with E-state index in [-0.39, 0.29) is 23.1 Å². The van der Waals surface area contributed by atoms with Crippen LogP contribution in [0.1, 0.15) is 30.5 Å². The van der Waals surface area contributed by atoms with Crippen molar-refractivity contribution in [3.63, 3.8) is 0 Å². The second-order valence-corrected chi connectivity index (χ2v) is 9.21. The number of rotatable bonds is 9. The fourth-order valence-corrected chi connectivity index (χ4v) is 3.93. The molecule has 9 nitrogen and oxygen atoms in total. The highest BCUT2D eigenvalue weighted by Crippen LogP contribution is 2.35. The quantitative estimate of drug-likeness (QED) is 0.298. The fourth-order valence-electron chi connectivity index (χ4n) is 3.93. The first-order valence-electron chi connectivity index (χ1n) is 11.8. The predicted octanol–water partition coefficient (Wildman–Crippen LogP) is 4.58. The molecule has 196 valence electrons. The van der Waals surface area contributed by atoms with Crippen LogP contribution in [0.2, 0.25) is 0 Å². The third-order valence-corrected chi connectivity index (χ3v) is 6.04. The second kappa shape index (κ2) is 10.6. The molecule has 1 atom stereocenters. The van der Waals surface area contributed by atoms with Gasteiger partial charge in [0, 0.05) is 43.1 Å². The third-order valence-electron chi connectivity index (χ3n) is 6.04. The van der Waals surface area contributed by atoms with Crippen molar-refractivity contribution in [3.05, 3.63) is 54.1 Å². The van der Waals surface area contributed by atoms with E-state index in [1.54, 1.807) is 12.4 Å². The van der Waals surface area contributed by atoms with Crippen LogP contribution in [-0.4, -0.2) is 64.1 Å². The zero-order valence-corrected chi connectivity index (χ0v) is 21.1. The molecule has 0 aliphatic rings. The van der Waals surface area contributed by atoms with Crippen molar-refractivity contribution in [2.75, 3.05) is 50.2 Å². The van der Waals surface area contributed by atoms with Gasteiger partial charge in [-0.1, -0.05) is 6.07 Å². The van der Waals surface area contributed by atoms with E-state index < -0.39 is 11.7 Å². The van der Waals surface area contributed by atoms with Crippen LogP contribution in [0.4, 0.5) is 30.6 Å². The van der Waals surface area contributed by atoms with Crippen molar-refractivity contribution in [1.29, 1.82) is 0 Å². The van der Waals surface area contributed by atoms with Gasteiger partial charge in [0.25, 0.3) is 0 Å². The van der Waals surface area contributed by atoms with Crippen LogP contribution in [0, 0.1) is 0 Å². The molecular weight excluding hydrogens is 483 g/mol. The van der Waals surface area contributed by atoms with Gasteiger partial charge in [0.2, 0.25) is 5.95 Å². The summed E-state index contributed by atoms with van der Waals surface area (Å²) < 4.78 is 39.7. The zero-order chi connectivity index (χ0) is 26.7. The number of hydrogen-bond acceptors (Lipinski definition) is 8. The number of anilines is 3. The van der Waals surface area contributed by atoms with Crippen molar-refractivity contribution in [2.45, 2.75) is 25.6 Å². The SMILES string of the molecule is C[C@@H](Nc1ncc(N)c(-c2c[nH]c3ncc(C(F)(F)F)cc23)n1)c1ccc(N(C)CCCN(C)C)nc1. The second-order valence-electron chi connectivity index (χ2n) is 9.21. The highest BCUT2D eigenvalue weighted by atomic mass is 19.4. The highest BCUT2D eigenvalue weighted by Gasteiger charge is 2.31. The normalized spacial score (nSPS) is 12.8. The van der Waals surface area contributed by atoms with Gasteiger partial charge in [0.1, 0.15) is 17.2 Å². The lowest BCUT2D eigenvalue weighted by Gasteiger charge is -2.20. The van der Waals surface area contributed by atoms with Gasteiger partial charge < -0.3 is 25.8 Å². The monoisotopic (exact) mass is 513 g/mol. The molecule has 0 saturated carbocycles. The van der Waals surface area contributed by atoms with Crippen molar-refractivity contribution in [2.24, 2.45) is 0 Å². The van der Waals surface area contributed by atoms with Gasteiger partial charge in [-0.2, -0.15) is 13.2 Å². The lowest BCUT2D eigenvalue weighted by Crippen LogP contribution is -2.24. The van der Waals surface area contributed by atoms with Crippen molar-refractivity contribution < 1.29 is 13.2 Å². The first kappa shape index (κ1) is 26.1. The Morgan fingerprint density at radius 2 is 1.84 bits per heavy atom. The number of halogens is 3. The fraction of sp³-hybridized carbons (Fsp3) is 0.360. The molecule has 0 aliphatic carbocycles. The van der Waals surface area contributed by atoms with E-state index >= 15 is 0 Å². The summed E-state index contributed by atoms with van der Waals surface area (Å²) in [6.45, 7) is 3.85. The molecule has 37 heavy (non-hydrogen) atoms. The number of nitrogens with one attached hydrogen (secondary N) is 2. The van der Waals surface area contributed by atoms with Crippen molar-refractivity contribution in [1.82, 2.24) is 29.8 Å². The lowest BCUT2D eigenvalue weighted by molar-refractivity contribution is -0.137. The molecule has 0 radical (unpaired) electrons. The van der Waals surface area contributed by atoms with Crippen molar-refractivity contribution in [3.8, 4) is 11.3 Å². The minimum Gasteiger partial charge on any atom is -0.396 e. The molecule has 4 aromatic rings. The summed E-state index contributed by atoms with van der Waals surface area (Å²) in [7, 11) is 6.12. The smallest absolute Gasteiger partial charge is 0.396 e. The Kier molecular flexibility index (Phi) is 7.48. The summed E-state index contributed by atoms with van der Waals surface area (Å²) in [5, 5.41) is 3.50. The number of nitrogens with two attached hydrogens (primary N) is 1. The molecule has 0 aliphatic heterocycles. The molecule has 0 fully saturated rings. The molecule has 0 saturated heterocycles. The summed E-state index contributed by atoms with van der Waals surface area (Å²) >= 11 is 0. The molecule has 4 N–H and O–H groups in total. The highest BCUT2D eigenvalue weighted by molar-refractivity contribution is 5.95. The Morgan fingerprint density at radius 1 is 1.05 bits per heavy atom. The van der Waals surface area contributed by atoms with Gasteiger partial charge in [-0.15, -0.1) is 0 Å². The van der Waals surface area contributed by atoms with Gasteiger partial charge in [0.15, 0.2) is 0 Å². The Labute approximate surface area is 213 Å². The van der Waals surface area contributed by atoms with E-state index in [9.17, 15) is 13.2 Å². The Morgan fingerprint density at radius 3 is 2.51 bits per heavy atom. The van der Waals surface area contributed by atoms with E-state index in [1.165, 1.54) is 6.20 Å². The lowest BCUT2D eigenvalue weighted by atomic mass is 10.1. The van der Waals surface area contributed by atoms with Gasteiger partial charge in [-0.3, -0.25) is 0 Å². The van der Waals surface area contributed by atoms with Gasteiger partial charge in [0.05, 0.1) is 23.5 Å². The summed E-state index contributed by atoms with van der Waals surface area (Å²) in [6.07, 6.45) is 2.09. The Hall–Kier alpha value is -3.93. The van der Waals surface area contributed by atoms with Crippen LogP contribution in [0.5, 0.6) is 0 Å². The molecule has 4 rings (SSSR count). The Balaban J connectivity index is 1.52. The number of nitrogens with zero attached hydrogens (tertiary/aromatic N) is 6. The largest absolute Gasteiger partial charge is 0.417 e. The number of nitrogen functional groups attached to an aromatic ring is 1. The number of hydrogen-bond donors (Lipinski definition) is 3. The van der Waals surface area contributed by atoms with Crippen LogP contribution in [-0.2, 0) is 6.18 Å². The van der Waals surface area contributed by atoms with Gasteiger partial charge in [-0.05, 0) is 51.7 Å². The van der Waals surface area contributed by atoms with E-state index in [4.69, 9.17) is 5.73 Å². The number of alkyl halides is 3. The minimum atomic E-state index is -4.51. The van der Waals surface area contributed by atoms with Crippen LogP contribution in [0.25, 0.3) is 22.3 Å². The minimum absolute atomic E-state index is 0.182. The molecule has 0 bridgehead atoms. The molecule has 12 heteroatoms. The number of aromatic amines is 1. The summed E-state index contributed by atoms with van der Waals surface area (Å²) in [5.41, 5.74) is 7.45. The summed E-state index contributed by atoms with van der Waals surface area (Å²) in [4.78, 5) is 24.4. The number of pyridine rings is 2. The average Bonchev–Trinajstić information content (AvgIpc) is 3.27. The molecule has 0 aromatic carbocycles. The molecule has 0 unspecified atom stereocenters.